The van der Waals surface area contributed by atoms with Crippen LogP contribution in [0.1, 0.15) is 32.3 Å². The van der Waals surface area contributed by atoms with E-state index in [1.54, 1.807) is 18.2 Å². The summed E-state index contributed by atoms with van der Waals surface area (Å²) in [6, 6.07) is 6.39. The number of rotatable bonds is 3. The van der Waals surface area contributed by atoms with Crippen molar-refractivity contribution in [3.63, 3.8) is 0 Å². The van der Waals surface area contributed by atoms with E-state index in [-0.39, 0.29) is 22.1 Å². The van der Waals surface area contributed by atoms with Crippen molar-refractivity contribution in [3.8, 4) is 0 Å². The molecule has 106 valence electrons. The lowest BCUT2D eigenvalue weighted by atomic mass is 9.92. The summed E-state index contributed by atoms with van der Waals surface area (Å²) in [7, 11) is -4.24. The molecule has 0 bridgehead atoms. The van der Waals surface area contributed by atoms with Crippen molar-refractivity contribution < 1.29 is 13.0 Å². The Labute approximate surface area is 123 Å². The Morgan fingerprint density at radius 3 is 2.16 bits per heavy atom. The van der Waals surface area contributed by atoms with Gasteiger partial charge in [-0.05, 0) is 17.5 Å². The van der Waals surface area contributed by atoms with Crippen LogP contribution in [0.2, 0.25) is 0 Å². The van der Waals surface area contributed by atoms with E-state index in [9.17, 15) is 13.0 Å². The predicted octanol–water partition coefficient (Wildman–Crippen LogP) is 3.87. The van der Waals surface area contributed by atoms with Gasteiger partial charge in [0.1, 0.15) is 4.33 Å². The first-order chi connectivity index (χ1) is 8.51. The van der Waals surface area contributed by atoms with Gasteiger partial charge in [-0.1, -0.05) is 39.0 Å². The molecular formula is C13H16Cl2O3S. The zero-order chi connectivity index (χ0) is 14.6. The minimum absolute atomic E-state index is 0.0637. The molecule has 2 rings (SSSR count). The highest BCUT2D eigenvalue weighted by Gasteiger charge is 2.71. The lowest BCUT2D eigenvalue weighted by Crippen LogP contribution is -2.09. The van der Waals surface area contributed by atoms with Crippen LogP contribution in [0.3, 0.4) is 0 Å². The summed E-state index contributed by atoms with van der Waals surface area (Å²) < 4.78 is 31.2. The molecule has 0 heterocycles. The Morgan fingerprint density at radius 1 is 1.26 bits per heavy atom. The average Bonchev–Trinajstić information content (AvgIpc) is 2.67. The van der Waals surface area contributed by atoms with Crippen LogP contribution in [0.4, 0.5) is 0 Å². The number of hydrogen-bond acceptors (Lipinski definition) is 2. The molecule has 0 aromatic heterocycles. The van der Waals surface area contributed by atoms with E-state index in [0.29, 0.717) is 5.56 Å². The van der Waals surface area contributed by atoms with Crippen molar-refractivity contribution in [2.24, 2.45) is 11.3 Å². The molecular weight excluding hydrogens is 307 g/mol. The first-order valence-electron chi connectivity index (χ1n) is 5.95. The van der Waals surface area contributed by atoms with E-state index in [4.69, 9.17) is 23.2 Å². The van der Waals surface area contributed by atoms with Gasteiger partial charge in [0.2, 0.25) is 0 Å². The fraction of sp³-hybridized carbons (Fsp3) is 0.538. The van der Waals surface area contributed by atoms with E-state index in [0.717, 1.165) is 0 Å². The van der Waals surface area contributed by atoms with Crippen molar-refractivity contribution >= 4 is 33.3 Å². The summed E-state index contributed by atoms with van der Waals surface area (Å²) in [4.78, 5) is -0.0747. The number of benzene rings is 1. The van der Waals surface area contributed by atoms with Crippen LogP contribution in [0.5, 0.6) is 0 Å². The third-order valence-electron chi connectivity index (χ3n) is 4.13. The van der Waals surface area contributed by atoms with E-state index in [2.05, 4.69) is 0 Å². The minimum Gasteiger partial charge on any atom is -0.282 e. The Kier molecular flexibility index (Phi) is 3.46. The highest BCUT2D eigenvalue weighted by atomic mass is 35.5. The van der Waals surface area contributed by atoms with E-state index in [1.165, 1.54) is 6.07 Å². The quantitative estimate of drug-likeness (QED) is 0.679. The lowest BCUT2D eigenvalue weighted by Gasteiger charge is -2.16. The maximum Gasteiger partial charge on any atom is 0.294 e. The molecule has 6 heteroatoms. The second-order valence-corrected chi connectivity index (χ2v) is 8.40. The van der Waals surface area contributed by atoms with Crippen LogP contribution < -0.4 is 0 Å². The van der Waals surface area contributed by atoms with Crippen LogP contribution in [0.25, 0.3) is 0 Å². The molecule has 1 aliphatic carbocycles. The molecule has 1 aromatic rings. The smallest absolute Gasteiger partial charge is 0.282 e. The van der Waals surface area contributed by atoms with Gasteiger partial charge in [-0.2, -0.15) is 8.42 Å². The van der Waals surface area contributed by atoms with Crippen LogP contribution in [0, 0.1) is 11.3 Å². The molecule has 0 amide bonds. The van der Waals surface area contributed by atoms with Crippen molar-refractivity contribution in [2.45, 2.75) is 35.9 Å². The van der Waals surface area contributed by atoms with Crippen LogP contribution in [-0.4, -0.2) is 17.3 Å². The van der Waals surface area contributed by atoms with Gasteiger partial charge in [0.15, 0.2) is 0 Å². The normalized spacial score (nSPS) is 25.9. The Bertz CT molecular complexity index is 594. The molecule has 0 aliphatic heterocycles. The van der Waals surface area contributed by atoms with Gasteiger partial charge in [0.25, 0.3) is 10.1 Å². The summed E-state index contributed by atoms with van der Waals surface area (Å²) in [5.41, 5.74) is 0.258. The van der Waals surface area contributed by atoms with E-state index >= 15 is 0 Å². The van der Waals surface area contributed by atoms with Gasteiger partial charge in [0.05, 0.1) is 4.90 Å². The minimum atomic E-state index is -4.24. The molecule has 1 aromatic carbocycles. The van der Waals surface area contributed by atoms with Gasteiger partial charge >= 0.3 is 0 Å². The van der Waals surface area contributed by atoms with Crippen molar-refractivity contribution in [1.82, 2.24) is 0 Å². The topological polar surface area (TPSA) is 54.4 Å². The zero-order valence-electron chi connectivity index (χ0n) is 10.9. The number of halogens is 2. The highest BCUT2D eigenvalue weighted by Crippen LogP contribution is 2.73. The molecule has 1 aliphatic rings. The summed E-state index contributed by atoms with van der Waals surface area (Å²) >= 11 is 12.5. The monoisotopic (exact) mass is 322 g/mol. The lowest BCUT2D eigenvalue weighted by molar-refractivity contribution is 0.472. The number of hydrogen-bond donors (Lipinski definition) is 1. The first kappa shape index (κ1) is 15.1. The Morgan fingerprint density at radius 2 is 1.74 bits per heavy atom. The molecule has 1 saturated carbocycles. The SMILES string of the molecule is CC(c1ccccc1S(=O)(=O)O)C1C(C)(C)C1(Cl)Cl. The molecule has 2 unspecified atom stereocenters. The molecule has 0 saturated heterocycles. The Hall–Kier alpha value is -0.290. The van der Waals surface area contributed by atoms with Crippen molar-refractivity contribution in [2.75, 3.05) is 0 Å². The summed E-state index contributed by atoms with van der Waals surface area (Å²) in [5, 5.41) is 0. The second-order valence-electron chi connectivity index (χ2n) is 5.62. The molecule has 0 radical (unpaired) electrons. The largest absolute Gasteiger partial charge is 0.294 e. The van der Waals surface area contributed by atoms with Crippen molar-refractivity contribution in [1.29, 1.82) is 0 Å². The van der Waals surface area contributed by atoms with Gasteiger partial charge in [-0.3, -0.25) is 4.55 Å². The Balaban J connectivity index is 2.46. The van der Waals surface area contributed by atoms with Crippen LogP contribution in [0.15, 0.2) is 29.2 Å². The zero-order valence-corrected chi connectivity index (χ0v) is 13.2. The first-order valence-corrected chi connectivity index (χ1v) is 8.15. The number of alkyl halides is 2. The van der Waals surface area contributed by atoms with Gasteiger partial charge < -0.3 is 0 Å². The molecule has 1 N–H and O–H groups in total. The summed E-state index contributed by atoms with van der Waals surface area (Å²) in [6.45, 7) is 5.78. The maximum absolute atomic E-state index is 11.4. The third kappa shape index (κ3) is 2.29. The van der Waals surface area contributed by atoms with Gasteiger partial charge in [-0.15, -0.1) is 23.2 Å². The fourth-order valence-electron chi connectivity index (χ4n) is 2.91. The average molecular weight is 323 g/mol. The highest BCUT2D eigenvalue weighted by molar-refractivity contribution is 7.85. The molecule has 3 nitrogen and oxygen atoms in total. The second kappa shape index (κ2) is 4.35. The molecule has 19 heavy (non-hydrogen) atoms. The van der Waals surface area contributed by atoms with Crippen LogP contribution in [-0.2, 0) is 10.1 Å². The molecule has 0 spiro atoms. The maximum atomic E-state index is 11.4. The van der Waals surface area contributed by atoms with Crippen molar-refractivity contribution in [3.05, 3.63) is 29.8 Å². The van der Waals surface area contributed by atoms with Crippen LogP contribution >= 0.6 is 23.2 Å². The molecule has 2 atom stereocenters. The fourth-order valence-corrected chi connectivity index (χ4v) is 4.76. The summed E-state index contributed by atoms with van der Waals surface area (Å²) in [5.74, 6) is -0.227. The van der Waals surface area contributed by atoms with E-state index in [1.807, 2.05) is 20.8 Å². The standard InChI is InChI=1S/C13H16Cl2O3S/c1-8(11-12(2,3)13(11,14)15)9-6-4-5-7-10(9)19(16,17)18/h4-8,11H,1-3H3,(H,16,17,18). The predicted molar refractivity (Wildman–Crippen MR) is 76.4 cm³/mol. The van der Waals surface area contributed by atoms with Gasteiger partial charge in [-0.25, -0.2) is 0 Å². The van der Waals surface area contributed by atoms with Gasteiger partial charge in [0, 0.05) is 11.3 Å². The third-order valence-corrected chi connectivity index (χ3v) is 6.50. The molecule has 1 fully saturated rings. The summed E-state index contributed by atoms with van der Waals surface area (Å²) in [6.07, 6.45) is 0. The van der Waals surface area contributed by atoms with E-state index < -0.39 is 14.5 Å².